The predicted molar refractivity (Wildman–Crippen MR) is 71.3 cm³/mol. The molecule has 2 nitrogen and oxygen atoms in total. The monoisotopic (exact) mass is 232 g/mol. The molecular weight excluding hydrogens is 208 g/mol. The summed E-state index contributed by atoms with van der Waals surface area (Å²) >= 11 is 0. The van der Waals surface area contributed by atoms with Crippen LogP contribution in [0.25, 0.3) is 0 Å². The fourth-order valence-corrected chi connectivity index (χ4v) is 2.86. The van der Waals surface area contributed by atoms with Crippen molar-refractivity contribution in [3.63, 3.8) is 0 Å². The zero-order valence-corrected chi connectivity index (χ0v) is 10.8. The van der Waals surface area contributed by atoms with Crippen LogP contribution in [0.15, 0.2) is 30.3 Å². The van der Waals surface area contributed by atoms with Crippen LogP contribution in [0.1, 0.15) is 31.4 Å². The highest BCUT2D eigenvalue weighted by molar-refractivity contribution is 5.17. The quantitative estimate of drug-likeness (QED) is 0.768. The Morgan fingerprint density at radius 2 is 1.88 bits per heavy atom. The molecule has 2 N–H and O–H groups in total. The topological polar surface area (TPSA) is 19.9 Å². The first-order chi connectivity index (χ1) is 8.31. The van der Waals surface area contributed by atoms with Crippen LogP contribution in [0, 0.1) is 13.0 Å². The molecule has 1 saturated heterocycles. The van der Waals surface area contributed by atoms with Crippen molar-refractivity contribution in [2.45, 2.75) is 25.8 Å². The summed E-state index contributed by atoms with van der Waals surface area (Å²) in [6.45, 7) is 6.11. The van der Waals surface area contributed by atoms with Gasteiger partial charge in [0.1, 0.15) is 0 Å². The third-order valence-electron chi connectivity index (χ3n) is 3.80. The van der Waals surface area contributed by atoms with Crippen molar-refractivity contribution in [3.8, 4) is 0 Å². The lowest BCUT2D eigenvalue weighted by Gasteiger charge is -2.27. The number of nitrogens with zero attached hydrogens (tertiary/aromatic N) is 1. The van der Waals surface area contributed by atoms with Crippen LogP contribution in [-0.4, -0.2) is 24.5 Å². The standard InChI is InChI=1S/C15H24N2/c1-13(12-17-10-6-7-11-17)15(16-2)14-8-4-3-5-9-14/h3-5,8-9,13,15H,2,6-7,10-12,16H2,1H3/t13-,15+/m0/s1. The van der Waals surface area contributed by atoms with E-state index in [2.05, 4.69) is 54.5 Å². The lowest BCUT2D eigenvalue weighted by Crippen LogP contribution is -2.80. The first-order valence-corrected chi connectivity index (χ1v) is 6.71. The minimum absolute atomic E-state index is 0.483. The Balaban J connectivity index is 1.97. The van der Waals surface area contributed by atoms with E-state index in [0.717, 1.165) is 0 Å². The number of hydrogen-bond acceptors (Lipinski definition) is 1. The second-order valence-electron chi connectivity index (χ2n) is 5.16. The van der Waals surface area contributed by atoms with Gasteiger partial charge < -0.3 is 10.2 Å². The van der Waals surface area contributed by atoms with Crippen LogP contribution >= 0.6 is 0 Å². The molecule has 1 aliphatic heterocycles. The lowest BCUT2D eigenvalue weighted by molar-refractivity contribution is -0.648. The molecule has 2 heteroatoms. The van der Waals surface area contributed by atoms with Crippen LogP contribution in [0.2, 0.25) is 0 Å². The molecule has 1 aromatic rings. The molecule has 0 aliphatic carbocycles. The van der Waals surface area contributed by atoms with E-state index in [9.17, 15) is 0 Å². The van der Waals surface area contributed by atoms with Crippen LogP contribution in [0.3, 0.4) is 0 Å². The van der Waals surface area contributed by atoms with E-state index < -0.39 is 0 Å². The number of hydrogen-bond donors (Lipinski definition) is 1. The van der Waals surface area contributed by atoms with Gasteiger partial charge in [-0.1, -0.05) is 37.3 Å². The summed E-state index contributed by atoms with van der Waals surface area (Å²) in [6, 6.07) is 11.2. The molecule has 2 atom stereocenters. The average molecular weight is 232 g/mol. The molecular formula is C15H24N2. The highest BCUT2D eigenvalue weighted by atomic mass is 15.1. The molecule has 0 spiro atoms. The molecule has 0 bridgehead atoms. The zero-order valence-electron chi connectivity index (χ0n) is 10.8. The summed E-state index contributed by atoms with van der Waals surface area (Å²) in [7, 11) is 4.01. The molecule has 17 heavy (non-hydrogen) atoms. The van der Waals surface area contributed by atoms with Gasteiger partial charge in [0.15, 0.2) is 0 Å². The summed E-state index contributed by atoms with van der Waals surface area (Å²) in [5, 5.41) is 2.11. The van der Waals surface area contributed by atoms with Gasteiger partial charge in [-0.05, 0) is 25.9 Å². The van der Waals surface area contributed by atoms with Gasteiger partial charge >= 0.3 is 0 Å². The molecule has 1 fully saturated rings. The Bertz CT molecular complexity index is 317. The molecule has 0 aromatic heterocycles. The molecule has 94 valence electrons. The van der Waals surface area contributed by atoms with Gasteiger partial charge in [0, 0.05) is 18.0 Å². The van der Waals surface area contributed by atoms with E-state index in [0.29, 0.717) is 12.0 Å². The fraction of sp³-hybridized carbons (Fsp3) is 0.533. The Morgan fingerprint density at radius 1 is 1.24 bits per heavy atom. The minimum Gasteiger partial charge on any atom is -0.472 e. The number of benzene rings is 1. The largest absolute Gasteiger partial charge is 0.472 e. The van der Waals surface area contributed by atoms with Gasteiger partial charge in [0.2, 0.25) is 0 Å². The number of rotatable bonds is 5. The Morgan fingerprint density at radius 3 is 2.47 bits per heavy atom. The Labute approximate surface area is 105 Å². The van der Waals surface area contributed by atoms with Crippen molar-refractivity contribution >= 4 is 0 Å². The maximum atomic E-state index is 4.01. The van der Waals surface area contributed by atoms with Crippen LogP contribution in [-0.2, 0) is 0 Å². The van der Waals surface area contributed by atoms with Crippen molar-refractivity contribution in [3.05, 3.63) is 42.9 Å². The van der Waals surface area contributed by atoms with Gasteiger partial charge in [-0.2, -0.15) is 7.05 Å². The number of quaternary nitrogens is 1. The van der Waals surface area contributed by atoms with Crippen molar-refractivity contribution in [1.29, 1.82) is 0 Å². The summed E-state index contributed by atoms with van der Waals surface area (Å²) in [5.74, 6) is 0.646. The lowest BCUT2D eigenvalue weighted by atomic mass is 9.94. The third-order valence-corrected chi connectivity index (χ3v) is 3.80. The second kappa shape index (κ2) is 6.18. The highest BCUT2D eigenvalue weighted by Crippen LogP contribution is 2.20. The van der Waals surface area contributed by atoms with E-state index in [1.807, 2.05) is 0 Å². The van der Waals surface area contributed by atoms with E-state index >= 15 is 0 Å². The summed E-state index contributed by atoms with van der Waals surface area (Å²) < 4.78 is 0. The van der Waals surface area contributed by atoms with E-state index in [4.69, 9.17) is 0 Å². The van der Waals surface area contributed by atoms with Gasteiger partial charge in [-0.15, -0.1) is 0 Å². The van der Waals surface area contributed by atoms with Crippen molar-refractivity contribution in [2.75, 3.05) is 19.6 Å². The molecule has 0 saturated carbocycles. The SMILES string of the molecule is [CH2-][NH2+][C@@H](c1ccccc1)[C@@H](C)CN1CCCC1. The summed E-state index contributed by atoms with van der Waals surface area (Å²) in [4.78, 5) is 2.59. The molecule has 2 rings (SSSR count). The second-order valence-corrected chi connectivity index (χ2v) is 5.16. The van der Waals surface area contributed by atoms with Crippen molar-refractivity contribution < 1.29 is 5.32 Å². The van der Waals surface area contributed by atoms with Gasteiger partial charge in [0.25, 0.3) is 0 Å². The zero-order chi connectivity index (χ0) is 12.1. The third kappa shape index (κ3) is 3.30. The van der Waals surface area contributed by atoms with Crippen molar-refractivity contribution in [1.82, 2.24) is 4.90 Å². The molecule has 1 aromatic carbocycles. The minimum atomic E-state index is 0.483. The first kappa shape index (κ1) is 12.6. The van der Waals surface area contributed by atoms with Crippen LogP contribution in [0.5, 0.6) is 0 Å². The first-order valence-electron chi connectivity index (χ1n) is 6.71. The molecule has 1 heterocycles. The van der Waals surface area contributed by atoms with Crippen LogP contribution < -0.4 is 5.32 Å². The van der Waals surface area contributed by atoms with E-state index in [-0.39, 0.29) is 0 Å². The van der Waals surface area contributed by atoms with Gasteiger partial charge in [0.05, 0.1) is 6.04 Å². The molecule has 0 radical (unpaired) electrons. The number of likely N-dealkylation sites (tertiary alicyclic amines) is 1. The predicted octanol–water partition coefficient (Wildman–Crippen LogP) is 1.81. The maximum absolute atomic E-state index is 4.01. The average Bonchev–Trinajstić information content (AvgIpc) is 2.84. The van der Waals surface area contributed by atoms with Gasteiger partial charge in [-0.3, -0.25) is 0 Å². The highest BCUT2D eigenvalue weighted by Gasteiger charge is 2.22. The molecule has 0 unspecified atom stereocenters. The fourth-order valence-electron chi connectivity index (χ4n) is 2.86. The number of nitrogens with two attached hydrogens (primary N) is 1. The van der Waals surface area contributed by atoms with E-state index in [1.165, 1.54) is 38.0 Å². The molecule has 0 amide bonds. The van der Waals surface area contributed by atoms with E-state index in [1.54, 1.807) is 0 Å². The summed E-state index contributed by atoms with van der Waals surface area (Å²) in [5.41, 5.74) is 1.40. The van der Waals surface area contributed by atoms with Crippen LogP contribution in [0.4, 0.5) is 0 Å². The maximum Gasteiger partial charge on any atom is 0.0914 e. The smallest absolute Gasteiger partial charge is 0.0914 e. The van der Waals surface area contributed by atoms with Gasteiger partial charge in [-0.25, -0.2) is 0 Å². The van der Waals surface area contributed by atoms with Crippen molar-refractivity contribution in [2.24, 2.45) is 5.92 Å². The summed E-state index contributed by atoms with van der Waals surface area (Å²) in [6.07, 6.45) is 2.74. The Kier molecular flexibility index (Phi) is 4.57. The normalized spacial score (nSPS) is 20.4. The Hall–Kier alpha value is -0.860. The molecule has 1 aliphatic rings.